The van der Waals surface area contributed by atoms with Gasteiger partial charge in [0.05, 0.1) is 35.9 Å². The molecule has 174 valence electrons. The first-order chi connectivity index (χ1) is 15.6. The van der Waals surface area contributed by atoms with Crippen molar-refractivity contribution in [2.24, 2.45) is 7.05 Å². The fraction of sp³-hybridized carbons (Fsp3) is 0.273. The number of carbonyl (C=O) groups is 1. The Bertz CT molecular complexity index is 1330. The van der Waals surface area contributed by atoms with E-state index in [1.807, 2.05) is 0 Å². The van der Waals surface area contributed by atoms with E-state index in [0.29, 0.717) is 11.3 Å². The van der Waals surface area contributed by atoms with Crippen molar-refractivity contribution in [1.29, 1.82) is 0 Å². The van der Waals surface area contributed by atoms with Crippen molar-refractivity contribution in [2.75, 3.05) is 19.0 Å². The van der Waals surface area contributed by atoms with Gasteiger partial charge in [-0.25, -0.2) is 26.7 Å². The summed E-state index contributed by atoms with van der Waals surface area (Å²) in [7, 11) is 2.85. The Morgan fingerprint density at radius 2 is 1.79 bits per heavy atom. The molecule has 0 aliphatic carbocycles. The molecule has 1 N–H and O–H groups in total. The van der Waals surface area contributed by atoms with E-state index in [0.717, 1.165) is 30.3 Å². The minimum absolute atomic E-state index is 0.0116. The van der Waals surface area contributed by atoms with E-state index in [-0.39, 0.29) is 29.7 Å². The lowest BCUT2D eigenvalue weighted by molar-refractivity contribution is 0.0505. The predicted molar refractivity (Wildman–Crippen MR) is 110 cm³/mol. The van der Waals surface area contributed by atoms with Gasteiger partial charge in [0.2, 0.25) is 0 Å². The number of nitrogens with one attached hydrogen (secondary N) is 1. The molecule has 1 aliphatic heterocycles. The molecule has 33 heavy (non-hydrogen) atoms. The van der Waals surface area contributed by atoms with Crippen LogP contribution in [0.15, 0.2) is 35.1 Å². The van der Waals surface area contributed by atoms with Crippen LogP contribution in [0.3, 0.4) is 0 Å². The van der Waals surface area contributed by atoms with E-state index in [2.05, 4.69) is 5.32 Å². The minimum atomic E-state index is -3.07. The van der Waals surface area contributed by atoms with Crippen LogP contribution in [-0.2, 0) is 18.4 Å². The summed E-state index contributed by atoms with van der Waals surface area (Å²) in [6, 6.07) is 2.94. The summed E-state index contributed by atoms with van der Waals surface area (Å²) in [6.45, 7) is -0.00734. The lowest BCUT2D eigenvalue weighted by Gasteiger charge is -2.34. The number of hydrogen-bond donors (Lipinski definition) is 1. The molecule has 2 aromatic carbocycles. The Balaban J connectivity index is 1.75. The highest BCUT2D eigenvalue weighted by Crippen LogP contribution is 2.35. The number of alkyl halides is 2. The number of amides is 2. The van der Waals surface area contributed by atoms with E-state index in [1.54, 1.807) is 0 Å². The van der Waals surface area contributed by atoms with Crippen LogP contribution in [0, 0.1) is 17.5 Å². The number of urea groups is 1. The van der Waals surface area contributed by atoms with E-state index in [4.69, 9.17) is 4.74 Å². The first-order valence-electron chi connectivity index (χ1n) is 9.79. The number of fused-ring (bicyclic) bond motifs is 3. The number of anilines is 1. The monoisotopic (exact) mass is 467 g/mol. The van der Waals surface area contributed by atoms with E-state index >= 15 is 0 Å². The predicted octanol–water partition coefficient (Wildman–Crippen LogP) is 4.63. The fourth-order valence-corrected chi connectivity index (χ4v) is 3.93. The van der Waals surface area contributed by atoms with Crippen LogP contribution in [0.25, 0.3) is 10.8 Å². The molecule has 6 nitrogen and oxygen atoms in total. The van der Waals surface area contributed by atoms with Crippen LogP contribution in [0.5, 0.6) is 0 Å². The summed E-state index contributed by atoms with van der Waals surface area (Å²) >= 11 is 0. The van der Waals surface area contributed by atoms with Crippen molar-refractivity contribution in [2.45, 2.75) is 19.1 Å². The van der Waals surface area contributed by atoms with E-state index in [9.17, 15) is 31.5 Å². The van der Waals surface area contributed by atoms with Gasteiger partial charge in [0.1, 0.15) is 5.82 Å². The number of hydrogen-bond acceptors (Lipinski definition) is 3. The molecule has 0 saturated heterocycles. The third-order valence-electron chi connectivity index (χ3n) is 5.72. The van der Waals surface area contributed by atoms with Gasteiger partial charge < -0.3 is 19.5 Å². The molecule has 2 heterocycles. The summed E-state index contributed by atoms with van der Waals surface area (Å²) in [5, 5.41) is 2.50. The second kappa shape index (κ2) is 8.47. The molecular formula is C22H18F5N3O3. The second-order valence-corrected chi connectivity index (χ2v) is 7.65. The zero-order valence-electron chi connectivity index (χ0n) is 17.5. The minimum Gasteiger partial charge on any atom is -0.373 e. The molecule has 1 atom stereocenters. The number of ether oxygens (including phenoxy) is 1. The van der Waals surface area contributed by atoms with Gasteiger partial charge >= 0.3 is 6.03 Å². The first kappa shape index (κ1) is 22.7. The number of likely N-dealkylation sites (N-methyl/N-ethyl adjacent to an activating group) is 1. The number of carbonyl (C=O) groups excluding carboxylic acids is 1. The maximum Gasteiger partial charge on any atom is 0.322 e. The summed E-state index contributed by atoms with van der Waals surface area (Å²) in [5.74, 6) is -3.44. The molecule has 11 heteroatoms. The fourth-order valence-electron chi connectivity index (χ4n) is 3.93. The van der Waals surface area contributed by atoms with E-state index in [1.165, 1.54) is 23.6 Å². The maximum atomic E-state index is 14.1. The number of rotatable bonds is 3. The average Bonchev–Trinajstić information content (AvgIpc) is 2.78. The average molecular weight is 467 g/mol. The normalized spacial score (nSPS) is 15.6. The number of aromatic nitrogens is 1. The van der Waals surface area contributed by atoms with Gasteiger partial charge in [-0.2, -0.15) is 0 Å². The maximum absolute atomic E-state index is 14.1. The van der Waals surface area contributed by atoms with Gasteiger partial charge in [-0.1, -0.05) is 0 Å². The molecule has 0 bridgehead atoms. The summed E-state index contributed by atoms with van der Waals surface area (Å²) < 4.78 is 74.2. The Morgan fingerprint density at radius 3 is 2.45 bits per heavy atom. The van der Waals surface area contributed by atoms with Gasteiger partial charge in [-0.3, -0.25) is 4.79 Å². The topological polar surface area (TPSA) is 63.6 Å². The number of nitrogens with zero attached hydrogens (tertiary/aromatic N) is 2. The molecule has 0 spiro atoms. The first-order valence-corrected chi connectivity index (χ1v) is 9.79. The molecular weight excluding hydrogens is 449 g/mol. The van der Waals surface area contributed by atoms with Crippen molar-refractivity contribution >= 4 is 22.5 Å². The quantitative estimate of drug-likeness (QED) is 0.572. The lowest BCUT2D eigenvalue weighted by Crippen LogP contribution is -2.40. The Kier molecular flexibility index (Phi) is 5.83. The highest BCUT2D eigenvalue weighted by Gasteiger charge is 2.32. The molecule has 1 aliphatic rings. The highest BCUT2D eigenvalue weighted by molar-refractivity contribution is 5.91. The van der Waals surface area contributed by atoms with E-state index < -0.39 is 47.1 Å². The van der Waals surface area contributed by atoms with Crippen LogP contribution in [0.2, 0.25) is 0 Å². The molecule has 0 unspecified atom stereocenters. The van der Waals surface area contributed by atoms with Crippen molar-refractivity contribution in [3.8, 4) is 0 Å². The molecule has 0 saturated carbocycles. The van der Waals surface area contributed by atoms with Crippen LogP contribution in [-0.4, -0.2) is 29.2 Å². The molecule has 1 aromatic heterocycles. The number of pyridine rings is 1. The van der Waals surface area contributed by atoms with Gasteiger partial charge in [0.15, 0.2) is 11.6 Å². The van der Waals surface area contributed by atoms with Crippen molar-refractivity contribution in [1.82, 2.24) is 9.47 Å². The third kappa shape index (κ3) is 3.92. The van der Waals surface area contributed by atoms with Gasteiger partial charge in [0.25, 0.3) is 12.0 Å². The molecule has 0 fully saturated rings. The Morgan fingerprint density at radius 1 is 1.12 bits per heavy atom. The molecule has 3 aromatic rings. The summed E-state index contributed by atoms with van der Waals surface area (Å²) in [5.41, 5.74) is -0.678. The largest absolute Gasteiger partial charge is 0.373 e. The summed E-state index contributed by atoms with van der Waals surface area (Å²) in [6.07, 6.45) is -3.07. The molecule has 0 radical (unpaired) electrons. The molecule has 4 rings (SSSR count). The second-order valence-electron chi connectivity index (χ2n) is 7.65. The van der Waals surface area contributed by atoms with Gasteiger partial charge in [-0.05, 0) is 35.7 Å². The SMILES string of the molecule is CN(C(=O)Nc1ccc(F)c(C(F)F)c1)[C@@H]1COCc2c1c1cc(F)c(F)cc1c(=O)n2C. The van der Waals surface area contributed by atoms with Crippen LogP contribution >= 0.6 is 0 Å². The third-order valence-corrected chi connectivity index (χ3v) is 5.72. The Labute approximate surface area is 184 Å². The number of benzene rings is 2. The van der Waals surface area contributed by atoms with Gasteiger partial charge in [0, 0.05) is 25.3 Å². The molecule has 2 amide bonds. The number of halogens is 5. The summed E-state index contributed by atoms with van der Waals surface area (Å²) in [4.78, 5) is 26.7. The smallest absolute Gasteiger partial charge is 0.322 e. The lowest BCUT2D eigenvalue weighted by atomic mass is 9.95. The van der Waals surface area contributed by atoms with Gasteiger partial charge in [-0.15, -0.1) is 0 Å². The van der Waals surface area contributed by atoms with Crippen LogP contribution < -0.4 is 10.9 Å². The van der Waals surface area contributed by atoms with Crippen molar-refractivity contribution in [3.05, 3.63) is 75.0 Å². The van der Waals surface area contributed by atoms with Crippen molar-refractivity contribution in [3.63, 3.8) is 0 Å². The van der Waals surface area contributed by atoms with Crippen LogP contribution in [0.1, 0.15) is 29.3 Å². The highest BCUT2D eigenvalue weighted by atomic mass is 19.3. The standard InChI is InChI=1S/C22H18F5N3O3/c1-29-17-8-33-9-18(19(17)11-6-15(24)16(25)7-12(11)21(29)31)30(2)22(32)28-10-3-4-14(23)13(5-10)20(26)27/h3-7,18,20H,8-9H2,1-2H3,(H,28,32)/t18-/m1/s1. The Hall–Kier alpha value is -3.47. The zero-order chi connectivity index (χ0) is 24.0. The van der Waals surface area contributed by atoms with Crippen LogP contribution in [0.4, 0.5) is 32.4 Å². The van der Waals surface area contributed by atoms with Crippen molar-refractivity contribution < 1.29 is 31.5 Å². The zero-order valence-corrected chi connectivity index (χ0v) is 17.5.